The Hall–Kier alpha value is -2.89. The minimum Gasteiger partial charge on any atom is -0.508 e. The van der Waals surface area contributed by atoms with Crippen molar-refractivity contribution in [2.24, 2.45) is 0 Å². The van der Waals surface area contributed by atoms with Crippen LogP contribution in [0.3, 0.4) is 0 Å². The van der Waals surface area contributed by atoms with E-state index in [0.717, 1.165) is 24.3 Å². The molecule has 2 rings (SSSR count). The van der Waals surface area contributed by atoms with E-state index >= 15 is 0 Å². The van der Waals surface area contributed by atoms with Gasteiger partial charge in [-0.3, -0.25) is 4.79 Å². The van der Waals surface area contributed by atoms with Crippen molar-refractivity contribution in [2.45, 2.75) is 6.92 Å². The molecule has 6 nitrogen and oxygen atoms in total. The normalized spacial score (nSPS) is 10.4. The maximum absolute atomic E-state index is 12.2. The topological polar surface area (TPSA) is 118 Å². The zero-order chi connectivity index (χ0) is 15.0. The molecule has 20 heavy (non-hydrogen) atoms. The summed E-state index contributed by atoms with van der Waals surface area (Å²) in [5, 5.41) is 47.3. The average molecular weight is 276 g/mol. The molecule has 104 valence electrons. The summed E-state index contributed by atoms with van der Waals surface area (Å²) in [6, 6.07) is 4.01. The number of ketones is 1. The molecule has 2 aromatic carbocycles. The van der Waals surface area contributed by atoms with E-state index in [1.54, 1.807) is 0 Å². The van der Waals surface area contributed by atoms with Gasteiger partial charge in [-0.2, -0.15) is 0 Å². The second kappa shape index (κ2) is 4.65. The quantitative estimate of drug-likeness (QED) is 0.324. The van der Waals surface area contributed by atoms with Crippen molar-refractivity contribution < 1.29 is 30.3 Å². The van der Waals surface area contributed by atoms with Crippen LogP contribution in [0.5, 0.6) is 28.7 Å². The van der Waals surface area contributed by atoms with E-state index in [-0.39, 0.29) is 28.2 Å². The highest BCUT2D eigenvalue weighted by Gasteiger charge is 2.19. The first kappa shape index (κ1) is 13.5. The Balaban J connectivity index is 2.55. The van der Waals surface area contributed by atoms with E-state index in [1.807, 2.05) is 0 Å². The second-order valence-corrected chi connectivity index (χ2v) is 4.33. The fourth-order valence-corrected chi connectivity index (χ4v) is 1.72. The van der Waals surface area contributed by atoms with Crippen LogP contribution in [0.25, 0.3) is 0 Å². The van der Waals surface area contributed by atoms with E-state index in [1.165, 1.54) is 6.92 Å². The molecule has 0 unspecified atom stereocenters. The number of hydrogen-bond acceptors (Lipinski definition) is 6. The van der Waals surface area contributed by atoms with Crippen LogP contribution in [0.2, 0.25) is 0 Å². The number of phenols is 5. The molecule has 2 aromatic rings. The van der Waals surface area contributed by atoms with E-state index < -0.39 is 23.0 Å². The van der Waals surface area contributed by atoms with Crippen LogP contribution in [0, 0.1) is 6.92 Å². The van der Waals surface area contributed by atoms with Gasteiger partial charge in [-0.1, -0.05) is 0 Å². The fourth-order valence-electron chi connectivity index (χ4n) is 1.72. The van der Waals surface area contributed by atoms with Gasteiger partial charge in [0.2, 0.25) is 0 Å². The Bertz CT molecular complexity index is 682. The molecule has 0 spiro atoms. The van der Waals surface area contributed by atoms with Gasteiger partial charge in [0.05, 0.1) is 5.56 Å². The maximum atomic E-state index is 12.2. The first-order chi connectivity index (χ1) is 9.31. The smallest absolute Gasteiger partial charge is 0.197 e. The second-order valence-electron chi connectivity index (χ2n) is 4.33. The Morgan fingerprint density at radius 2 is 1.25 bits per heavy atom. The lowest BCUT2D eigenvalue weighted by molar-refractivity contribution is 0.103. The molecule has 0 heterocycles. The van der Waals surface area contributed by atoms with Crippen molar-refractivity contribution in [1.29, 1.82) is 0 Å². The highest BCUT2D eigenvalue weighted by molar-refractivity contribution is 6.11. The van der Waals surface area contributed by atoms with Crippen LogP contribution in [-0.4, -0.2) is 31.3 Å². The molecule has 0 saturated carbocycles. The third-order valence-electron chi connectivity index (χ3n) is 2.95. The molecule has 6 heteroatoms. The van der Waals surface area contributed by atoms with Gasteiger partial charge in [-0.25, -0.2) is 0 Å². The van der Waals surface area contributed by atoms with Crippen LogP contribution in [-0.2, 0) is 0 Å². The molecule has 0 radical (unpaired) electrons. The predicted molar refractivity (Wildman–Crippen MR) is 69.4 cm³/mol. The molecule has 0 saturated heterocycles. The van der Waals surface area contributed by atoms with Crippen molar-refractivity contribution >= 4 is 5.78 Å². The van der Waals surface area contributed by atoms with Crippen molar-refractivity contribution in [3.63, 3.8) is 0 Å². The van der Waals surface area contributed by atoms with Crippen LogP contribution in [0.4, 0.5) is 0 Å². The van der Waals surface area contributed by atoms with Crippen molar-refractivity contribution in [2.75, 3.05) is 0 Å². The number of carbonyl (C=O) groups excluding carboxylic acids is 1. The largest absolute Gasteiger partial charge is 0.508 e. The standard InChI is InChI=1S/C14H12O6/c1-6-9(15)2-7(3-10(6)16)14(20)8-4-12(18)13(19)5-11(8)17/h2-5,15-19H,1H3. The van der Waals surface area contributed by atoms with Gasteiger partial charge in [-0.15, -0.1) is 0 Å². The number of hydrogen-bond donors (Lipinski definition) is 5. The van der Waals surface area contributed by atoms with Crippen LogP contribution < -0.4 is 0 Å². The third-order valence-corrected chi connectivity index (χ3v) is 2.95. The Kier molecular flexibility index (Phi) is 3.15. The number of phenolic OH excluding ortho intramolecular Hbond substituents is 5. The van der Waals surface area contributed by atoms with Crippen molar-refractivity contribution in [3.05, 3.63) is 41.0 Å². The highest BCUT2D eigenvalue weighted by Crippen LogP contribution is 2.35. The first-order valence-electron chi connectivity index (χ1n) is 5.63. The summed E-state index contributed by atoms with van der Waals surface area (Å²) >= 11 is 0. The van der Waals surface area contributed by atoms with Gasteiger partial charge in [0.1, 0.15) is 17.2 Å². The first-order valence-corrected chi connectivity index (χ1v) is 5.63. The highest BCUT2D eigenvalue weighted by atomic mass is 16.3. The van der Waals surface area contributed by atoms with Crippen molar-refractivity contribution in [1.82, 2.24) is 0 Å². The minimum absolute atomic E-state index is 0.0639. The van der Waals surface area contributed by atoms with Crippen LogP contribution in [0.1, 0.15) is 21.5 Å². The Labute approximate surface area is 113 Å². The van der Waals surface area contributed by atoms with E-state index in [2.05, 4.69) is 0 Å². The molecular formula is C14H12O6. The van der Waals surface area contributed by atoms with Gasteiger partial charge in [-0.05, 0) is 25.1 Å². The lowest BCUT2D eigenvalue weighted by atomic mass is 10.00. The van der Waals surface area contributed by atoms with Gasteiger partial charge in [0, 0.05) is 17.2 Å². The fraction of sp³-hybridized carbons (Fsp3) is 0.0714. The lowest BCUT2D eigenvalue weighted by Crippen LogP contribution is -2.02. The number of carbonyl (C=O) groups is 1. The molecule has 0 aromatic heterocycles. The van der Waals surface area contributed by atoms with Crippen LogP contribution in [0.15, 0.2) is 24.3 Å². The monoisotopic (exact) mass is 276 g/mol. The van der Waals surface area contributed by atoms with Gasteiger partial charge in [0.25, 0.3) is 0 Å². The van der Waals surface area contributed by atoms with Gasteiger partial charge < -0.3 is 25.5 Å². The molecule has 5 N–H and O–H groups in total. The molecule has 0 aliphatic heterocycles. The predicted octanol–water partition coefficient (Wildman–Crippen LogP) is 1.75. The maximum Gasteiger partial charge on any atom is 0.197 e. The molecule has 0 aliphatic rings. The van der Waals surface area contributed by atoms with Crippen molar-refractivity contribution in [3.8, 4) is 28.7 Å². The van der Waals surface area contributed by atoms with Gasteiger partial charge in [0.15, 0.2) is 17.3 Å². The zero-order valence-corrected chi connectivity index (χ0v) is 10.5. The van der Waals surface area contributed by atoms with E-state index in [9.17, 15) is 30.3 Å². The molecule has 0 bridgehead atoms. The number of benzene rings is 2. The van der Waals surface area contributed by atoms with E-state index in [4.69, 9.17) is 0 Å². The number of rotatable bonds is 2. The van der Waals surface area contributed by atoms with E-state index in [0.29, 0.717) is 0 Å². The third kappa shape index (κ3) is 2.18. The molecule has 0 fully saturated rings. The summed E-state index contributed by atoms with van der Waals surface area (Å²) in [4.78, 5) is 12.2. The number of aromatic hydroxyl groups is 5. The Morgan fingerprint density at radius 3 is 1.80 bits per heavy atom. The average Bonchev–Trinajstić information content (AvgIpc) is 2.38. The summed E-state index contributed by atoms with van der Waals surface area (Å²) in [6.45, 7) is 1.47. The minimum atomic E-state index is -0.719. The molecule has 0 amide bonds. The summed E-state index contributed by atoms with van der Waals surface area (Å²) < 4.78 is 0. The Morgan fingerprint density at radius 1 is 0.750 bits per heavy atom. The summed E-state index contributed by atoms with van der Waals surface area (Å²) in [5.41, 5.74) is -0.103. The van der Waals surface area contributed by atoms with Crippen LogP contribution >= 0.6 is 0 Å². The zero-order valence-electron chi connectivity index (χ0n) is 10.5. The lowest BCUT2D eigenvalue weighted by Gasteiger charge is -2.08. The SMILES string of the molecule is Cc1c(O)cc(C(=O)c2cc(O)c(O)cc2O)cc1O. The van der Waals surface area contributed by atoms with Gasteiger partial charge >= 0.3 is 0 Å². The summed E-state index contributed by atoms with van der Waals surface area (Å²) in [5.74, 6) is -2.90. The molecular weight excluding hydrogens is 264 g/mol. The summed E-state index contributed by atoms with van der Waals surface area (Å²) in [6.07, 6.45) is 0. The molecule has 0 aliphatic carbocycles. The summed E-state index contributed by atoms with van der Waals surface area (Å²) in [7, 11) is 0. The molecule has 0 atom stereocenters.